The third-order valence-corrected chi connectivity index (χ3v) is 2.40. The van der Waals surface area contributed by atoms with Crippen molar-refractivity contribution >= 4 is 16.9 Å². The fraction of sp³-hybridized carbons (Fsp3) is 0.200. The van der Waals surface area contributed by atoms with Gasteiger partial charge in [0.2, 0.25) is 11.4 Å². The normalized spacial score (nSPS) is 10.8. The van der Waals surface area contributed by atoms with E-state index in [1.54, 1.807) is 24.3 Å². The van der Waals surface area contributed by atoms with Gasteiger partial charge in [-0.05, 0) is 16.9 Å². The largest absolute Gasteiger partial charge is 0.710 e. The molecule has 16 heavy (non-hydrogen) atoms. The molecule has 1 aromatic carbocycles. The molecule has 0 atom stereocenters. The van der Waals surface area contributed by atoms with Crippen molar-refractivity contribution in [2.24, 2.45) is 5.73 Å². The van der Waals surface area contributed by atoms with Crippen LogP contribution in [0.3, 0.4) is 0 Å². The maximum Gasteiger partial charge on any atom is 0.301 e. The maximum atomic E-state index is 11.7. The third-order valence-electron chi connectivity index (χ3n) is 2.40. The first kappa shape index (κ1) is 10.3. The molecule has 3 N–H and O–H groups in total. The fourth-order valence-corrected chi connectivity index (χ4v) is 1.62. The Morgan fingerprint density at radius 2 is 2.19 bits per heavy atom. The van der Waals surface area contributed by atoms with Crippen LogP contribution in [0.2, 0.25) is 0 Å². The van der Waals surface area contributed by atoms with Gasteiger partial charge in [0.25, 0.3) is 0 Å². The molecule has 1 amide bonds. The van der Waals surface area contributed by atoms with Gasteiger partial charge in [0.05, 0.1) is 6.42 Å². The smallest absolute Gasteiger partial charge is 0.301 e. The van der Waals surface area contributed by atoms with Crippen molar-refractivity contribution in [1.82, 2.24) is 4.73 Å². The predicted molar refractivity (Wildman–Crippen MR) is 55.6 cm³/mol. The van der Waals surface area contributed by atoms with Crippen molar-refractivity contribution in [1.29, 1.82) is 0 Å². The molecule has 1 heterocycles. The van der Waals surface area contributed by atoms with Gasteiger partial charge in [0.1, 0.15) is 0 Å². The molecular weight excluding hydrogens is 210 g/mol. The number of rotatable bonds is 3. The van der Waals surface area contributed by atoms with E-state index in [1.807, 2.05) is 0 Å². The molecule has 0 saturated carbocycles. The lowest BCUT2D eigenvalue weighted by Gasteiger charge is -2.01. The minimum Gasteiger partial charge on any atom is -0.710 e. The Kier molecular flexibility index (Phi) is 2.40. The molecule has 0 bridgehead atoms. The number of benzene rings is 1. The Bertz CT molecular complexity index is 508. The van der Waals surface area contributed by atoms with Crippen molar-refractivity contribution in [2.75, 3.05) is 0 Å². The molecule has 6 heteroatoms. The van der Waals surface area contributed by atoms with Crippen LogP contribution in [0.15, 0.2) is 24.3 Å². The monoisotopic (exact) mass is 221 g/mol. The summed E-state index contributed by atoms with van der Waals surface area (Å²) in [5, 5.41) is 21.5. The highest BCUT2D eigenvalue weighted by molar-refractivity contribution is 5.74. The van der Waals surface area contributed by atoms with E-state index >= 15 is 0 Å². The number of aromatic nitrogens is 2. The first-order valence-electron chi connectivity index (χ1n) is 4.80. The van der Waals surface area contributed by atoms with E-state index in [0.29, 0.717) is 15.8 Å². The van der Waals surface area contributed by atoms with Crippen LogP contribution in [0.4, 0.5) is 0 Å². The number of carbonyl (C=O) groups excluding carboxylic acids is 1. The number of nitrogens with two attached hydrogens (primary N) is 1. The lowest BCUT2D eigenvalue weighted by molar-refractivity contribution is -0.589. The highest BCUT2D eigenvalue weighted by Crippen LogP contribution is 2.12. The van der Waals surface area contributed by atoms with E-state index < -0.39 is 5.91 Å². The second kappa shape index (κ2) is 3.73. The van der Waals surface area contributed by atoms with Crippen molar-refractivity contribution in [3.63, 3.8) is 0 Å². The topological polar surface area (TPSA) is 95.2 Å². The minimum atomic E-state index is -0.509. The van der Waals surface area contributed by atoms with E-state index in [2.05, 4.69) is 0 Å². The Hall–Kier alpha value is -2.24. The van der Waals surface area contributed by atoms with E-state index in [4.69, 9.17) is 5.73 Å². The Labute approximate surface area is 91.1 Å². The molecule has 0 aliphatic carbocycles. The van der Waals surface area contributed by atoms with Crippen LogP contribution < -0.4 is 10.5 Å². The van der Waals surface area contributed by atoms with Gasteiger partial charge < -0.3 is 16.1 Å². The summed E-state index contributed by atoms with van der Waals surface area (Å²) in [6.45, 7) is 0. The summed E-state index contributed by atoms with van der Waals surface area (Å²) in [7, 11) is 0. The highest BCUT2D eigenvalue weighted by atomic mass is 16.5. The number of amides is 1. The lowest BCUT2D eigenvalue weighted by atomic mass is 10.3. The average Bonchev–Trinajstić information content (AvgIpc) is 2.50. The first-order chi connectivity index (χ1) is 7.61. The van der Waals surface area contributed by atoms with Gasteiger partial charge in [-0.3, -0.25) is 4.79 Å². The van der Waals surface area contributed by atoms with E-state index in [0.717, 1.165) is 4.73 Å². The highest BCUT2D eigenvalue weighted by Gasteiger charge is 2.20. The Morgan fingerprint density at radius 1 is 1.50 bits per heavy atom. The van der Waals surface area contributed by atoms with E-state index in [9.17, 15) is 15.2 Å². The molecule has 0 radical (unpaired) electrons. The van der Waals surface area contributed by atoms with Crippen LogP contribution >= 0.6 is 0 Å². The molecule has 2 aromatic rings. The van der Waals surface area contributed by atoms with Crippen molar-refractivity contribution in [2.45, 2.75) is 12.8 Å². The number of carbonyl (C=O) groups is 1. The summed E-state index contributed by atoms with van der Waals surface area (Å²) in [6, 6.07) is 6.64. The lowest BCUT2D eigenvalue weighted by Crippen LogP contribution is -2.32. The molecular formula is C10H11N3O3. The zero-order chi connectivity index (χ0) is 11.7. The quantitative estimate of drug-likeness (QED) is 0.431. The number of hydrogen-bond donors (Lipinski definition) is 2. The van der Waals surface area contributed by atoms with Crippen LogP contribution in [0, 0.1) is 5.21 Å². The van der Waals surface area contributed by atoms with Gasteiger partial charge in [0.15, 0.2) is 5.52 Å². The van der Waals surface area contributed by atoms with E-state index in [-0.39, 0.29) is 18.7 Å². The maximum absolute atomic E-state index is 11.7. The van der Waals surface area contributed by atoms with Gasteiger partial charge >= 0.3 is 5.82 Å². The number of hydrogen-bond acceptors (Lipinski definition) is 3. The molecule has 6 nitrogen and oxygen atoms in total. The number of para-hydroxylation sites is 2. The second-order valence-electron chi connectivity index (χ2n) is 3.48. The minimum absolute atomic E-state index is 0.0269. The number of imidazole rings is 1. The Morgan fingerprint density at radius 3 is 2.81 bits per heavy atom. The van der Waals surface area contributed by atoms with Crippen LogP contribution in [0.25, 0.3) is 11.0 Å². The molecule has 0 saturated heterocycles. The molecule has 0 unspecified atom stereocenters. The van der Waals surface area contributed by atoms with Crippen LogP contribution in [0.5, 0.6) is 0 Å². The summed E-state index contributed by atoms with van der Waals surface area (Å²) in [5.74, 6) is -0.398. The van der Waals surface area contributed by atoms with Gasteiger partial charge in [-0.2, -0.15) is 0 Å². The summed E-state index contributed by atoms with van der Waals surface area (Å²) < 4.78 is 1.41. The number of nitrogens with zero attached hydrogens (tertiary/aromatic N) is 2. The summed E-state index contributed by atoms with van der Waals surface area (Å²) in [6.07, 6.45) is 0.142. The molecule has 1 aromatic heterocycles. The zero-order valence-corrected chi connectivity index (χ0v) is 8.46. The molecule has 0 aliphatic heterocycles. The second-order valence-corrected chi connectivity index (χ2v) is 3.48. The van der Waals surface area contributed by atoms with Gasteiger partial charge in [-0.1, -0.05) is 12.1 Å². The molecule has 0 fully saturated rings. The third kappa shape index (κ3) is 1.54. The predicted octanol–water partition coefficient (Wildman–Crippen LogP) is -0.0701. The molecule has 2 rings (SSSR count). The Balaban J connectivity index is 2.48. The van der Waals surface area contributed by atoms with Crippen LogP contribution in [-0.4, -0.2) is 15.8 Å². The number of primary amides is 1. The van der Waals surface area contributed by atoms with Gasteiger partial charge in [-0.25, -0.2) is 4.73 Å². The first-order valence-corrected chi connectivity index (χ1v) is 4.80. The van der Waals surface area contributed by atoms with Crippen molar-refractivity contribution in [3.05, 3.63) is 35.3 Å². The number of fused-ring (bicyclic) bond motifs is 1. The van der Waals surface area contributed by atoms with Crippen molar-refractivity contribution in [3.8, 4) is 0 Å². The van der Waals surface area contributed by atoms with Crippen LogP contribution in [-0.2, 0) is 11.2 Å². The SMILES string of the molecule is NC(=O)CCc1n(O)c2ccccc2[n+]1[O-]. The standard InChI is InChI=1S/C10H11N3O3/c11-9(14)5-6-10-12(15)7-3-1-2-4-8(7)13(10)16/h1-4,15H,5-6H2,(H2,11,14). The molecule has 0 spiro atoms. The fourth-order valence-electron chi connectivity index (χ4n) is 1.62. The summed E-state index contributed by atoms with van der Waals surface area (Å²) in [4.78, 5) is 10.6. The van der Waals surface area contributed by atoms with Gasteiger partial charge in [0, 0.05) is 6.42 Å². The molecule has 84 valence electrons. The van der Waals surface area contributed by atoms with Gasteiger partial charge in [-0.15, -0.1) is 0 Å². The zero-order valence-electron chi connectivity index (χ0n) is 8.46. The van der Waals surface area contributed by atoms with Crippen LogP contribution in [0.1, 0.15) is 12.2 Å². The molecule has 0 aliphatic rings. The van der Waals surface area contributed by atoms with Crippen molar-refractivity contribution < 1.29 is 14.7 Å². The summed E-state index contributed by atoms with van der Waals surface area (Å²) in [5.41, 5.74) is 5.77. The average molecular weight is 221 g/mol. The summed E-state index contributed by atoms with van der Waals surface area (Å²) >= 11 is 0. The van der Waals surface area contributed by atoms with E-state index in [1.165, 1.54) is 0 Å².